The van der Waals surface area contributed by atoms with Crippen molar-refractivity contribution >= 4 is 11.8 Å². The molecule has 5 heteroatoms. The van der Waals surface area contributed by atoms with Gasteiger partial charge in [0.25, 0.3) is 0 Å². The van der Waals surface area contributed by atoms with Gasteiger partial charge in [0, 0.05) is 19.6 Å². The van der Waals surface area contributed by atoms with E-state index in [4.69, 9.17) is 4.74 Å². The summed E-state index contributed by atoms with van der Waals surface area (Å²) in [7, 11) is 0. The Morgan fingerprint density at radius 1 is 1.30 bits per heavy atom. The van der Waals surface area contributed by atoms with Crippen LogP contribution in [-0.2, 0) is 4.74 Å². The lowest BCUT2D eigenvalue weighted by Crippen LogP contribution is -2.29. The molecule has 110 valence electrons. The summed E-state index contributed by atoms with van der Waals surface area (Å²) >= 11 is 0. The number of hydrogen-bond acceptors (Lipinski definition) is 5. The number of carbonyl (C=O) groups excluding carboxylic acids is 1. The molecule has 1 aromatic heterocycles. The van der Waals surface area contributed by atoms with Crippen molar-refractivity contribution in [1.29, 1.82) is 0 Å². The lowest BCUT2D eigenvalue weighted by molar-refractivity contribution is 0.00629. The first-order valence-corrected chi connectivity index (χ1v) is 7.12. The summed E-state index contributed by atoms with van der Waals surface area (Å²) in [6.45, 7) is 9.41. The number of aromatic nitrogens is 1. The summed E-state index contributed by atoms with van der Waals surface area (Å²) in [4.78, 5) is 18.7. The molecule has 0 aromatic carbocycles. The van der Waals surface area contributed by atoms with E-state index in [9.17, 15) is 4.79 Å². The van der Waals surface area contributed by atoms with Gasteiger partial charge in [0.05, 0.1) is 0 Å². The number of carbonyl (C=O) groups is 1. The number of ether oxygens (including phenoxy) is 1. The van der Waals surface area contributed by atoms with Crippen molar-refractivity contribution in [3.05, 3.63) is 23.9 Å². The molecule has 20 heavy (non-hydrogen) atoms. The van der Waals surface area contributed by atoms with Gasteiger partial charge in [0.2, 0.25) is 0 Å². The Bertz CT molecular complexity index is 460. The summed E-state index contributed by atoms with van der Waals surface area (Å²) in [5.74, 6) is 0.476. The molecule has 1 aromatic rings. The molecule has 1 saturated heterocycles. The largest absolute Gasteiger partial charge is 0.455 e. The van der Waals surface area contributed by atoms with E-state index >= 15 is 0 Å². The monoisotopic (exact) mass is 277 g/mol. The standard InChI is InChI=1S/C15H23N3O2/c1-15(2,3)20-14(19)12-6-4-7-13(17-12)18-10-5-8-16-9-11-18/h4,6-7,16H,5,8-11H2,1-3H3. The van der Waals surface area contributed by atoms with Crippen LogP contribution in [0.2, 0.25) is 0 Å². The molecule has 1 fully saturated rings. The molecule has 0 aliphatic carbocycles. The summed E-state index contributed by atoms with van der Waals surface area (Å²) in [5.41, 5.74) is -0.129. The fraction of sp³-hybridized carbons (Fsp3) is 0.600. The van der Waals surface area contributed by atoms with Crippen molar-refractivity contribution in [2.75, 3.05) is 31.1 Å². The number of esters is 1. The number of anilines is 1. The third-order valence-electron chi connectivity index (χ3n) is 3.01. The maximum absolute atomic E-state index is 12.0. The van der Waals surface area contributed by atoms with Crippen molar-refractivity contribution in [2.24, 2.45) is 0 Å². The van der Waals surface area contributed by atoms with Gasteiger partial charge < -0.3 is 15.0 Å². The molecular formula is C15H23N3O2. The smallest absolute Gasteiger partial charge is 0.357 e. The van der Waals surface area contributed by atoms with Gasteiger partial charge >= 0.3 is 5.97 Å². The molecule has 0 amide bonds. The quantitative estimate of drug-likeness (QED) is 0.836. The summed E-state index contributed by atoms with van der Waals surface area (Å²) < 4.78 is 5.36. The predicted octanol–water partition coefficient (Wildman–Crippen LogP) is 1.84. The van der Waals surface area contributed by atoms with Crippen LogP contribution in [0.1, 0.15) is 37.7 Å². The second-order valence-corrected chi connectivity index (χ2v) is 5.97. The third kappa shape index (κ3) is 4.20. The van der Waals surface area contributed by atoms with E-state index in [2.05, 4.69) is 15.2 Å². The van der Waals surface area contributed by atoms with Gasteiger partial charge in [0.15, 0.2) is 5.69 Å². The summed E-state index contributed by atoms with van der Waals surface area (Å²) in [6.07, 6.45) is 1.08. The van der Waals surface area contributed by atoms with Gasteiger partial charge in [-0.25, -0.2) is 9.78 Å². The van der Waals surface area contributed by atoms with Crippen molar-refractivity contribution in [3.8, 4) is 0 Å². The van der Waals surface area contributed by atoms with E-state index in [0.717, 1.165) is 38.4 Å². The Balaban J connectivity index is 2.12. The number of nitrogens with zero attached hydrogens (tertiary/aromatic N) is 2. The fourth-order valence-electron chi connectivity index (χ4n) is 2.12. The normalized spacial score (nSPS) is 16.6. The molecule has 0 bridgehead atoms. The highest BCUT2D eigenvalue weighted by molar-refractivity contribution is 5.88. The Morgan fingerprint density at radius 2 is 2.10 bits per heavy atom. The molecule has 0 spiro atoms. The molecule has 1 aliphatic heterocycles. The number of hydrogen-bond donors (Lipinski definition) is 1. The van der Waals surface area contributed by atoms with Crippen molar-refractivity contribution in [3.63, 3.8) is 0 Å². The molecule has 0 saturated carbocycles. The van der Waals surface area contributed by atoms with Crippen LogP contribution in [0, 0.1) is 0 Å². The highest BCUT2D eigenvalue weighted by atomic mass is 16.6. The predicted molar refractivity (Wildman–Crippen MR) is 79.1 cm³/mol. The van der Waals surface area contributed by atoms with E-state index in [0.29, 0.717) is 5.69 Å². The van der Waals surface area contributed by atoms with Crippen molar-refractivity contribution in [2.45, 2.75) is 32.8 Å². The molecule has 0 radical (unpaired) electrons. The molecule has 5 nitrogen and oxygen atoms in total. The summed E-state index contributed by atoms with van der Waals surface area (Å²) in [5, 5.41) is 3.35. The second-order valence-electron chi connectivity index (χ2n) is 5.97. The van der Waals surface area contributed by atoms with E-state index in [1.807, 2.05) is 32.9 Å². The van der Waals surface area contributed by atoms with Crippen molar-refractivity contribution < 1.29 is 9.53 Å². The van der Waals surface area contributed by atoms with E-state index < -0.39 is 5.60 Å². The van der Waals surface area contributed by atoms with Gasteiger partial charge in [0.1, 0.15) is 11.4 Å². The molecule has 0 atom stereocenters. The minimum absolute atomic E-state index is 0.368. The molecule has 2 rings (SSSR count). The minimum Gasteiger partial charge on any atom is -0.455 e. The Morgan fingerprint density at radius 3 is 2.85 bits per heavy atom. The topological polar surface area (TPSA) is 54.5 Å². The lowest BCUT2D eigenvalue weighted by Gasteiger charge is -2.22. The minimum atomic E-state index is -0.499. The first kappa shape index (κ1) is 14.8. The first-order chi connectivity index (χ1) is 9.46. The Kier molecular flexibility index (Phi) is 4.60. The van der Waals surface area contributed by atoms with Crippen LogP contribution in [-0.4, -0.2) is 42.7 Å². The molecular weight excluding hydrogens is 254 g/mol. The Labute approximate surface area is 120 Å². The Hall–Kier alpha value is -1.62. The van der Waals surface area contributed by atoms with Crippen LogP contribution in [0.3, 0.4) is 0 Å². The van der Waals surface area contributed by atoms with Gasteiger partial charge in [-0.1, -0.05) is 6.07 Å². The number of rotatable bonds is 2. The highest BCUT2D eigenvalue weighted by Crippen LogP contribution is 2.15. The van der Waals surface area contributed by atoms with Gasteiger partial charge in [-0.05, 0) is 45.9 Å². The summed E-state index contributed by atoms with van der Waals surface area (Å²) in [6, 6.07) is 5.51. The van der Waals surface area contributed by atoms with Crippen LogP contribution in [0.25, 0.3) is 0 Å². The average Bonchev–Trinajstić information content (AvgIpc) is 2.66. The number of nitrogens with one attached hydrogen (secondary N) is 1. The molecule has 1 aliphatic rings. The molecule has 2 heterocycles. The van der Waals surface area contributed by atoms with E-state index in [-0.39, 0.29) is 5.97 Å². The maximum atomic E-state index is 12.0. The first-order valence-electron chi connectivity index (χ1n) is 7.12. The highest BCUT2D eigenvalue weighted by Gasteiger charge is 2.20. The number of pyridine rings is 1. The second kappa shape index (κ2) is 6.22. The SMILES string of the molecule is CC(C)(C)OC(=O)c1cccc(N2CCCNCC2)n1. The van der Waals surface area contributed by atoms with Crippen LogP contribution in [0.15, 0.2) is 18.2 Å². The van der Waals surface area contributed by atoms with Gasteiger partial charge in [-0.15, -0.1) is 0 Å². The van der Waals surface area contributed by atoms with Gasteiger partial charge in [-0.2, -0.15) is 0 Å². The lowest BCUT2D eigenvalue weighted by atomic mass is 10.2. The zero-order valence-electron chi connectivity index (χ0n) is 12.5. The van der Waals surface area contributed by atoms with E-state index in [1.54, 1.807) is 6.07 Å². The third-order valence-corrected chi connectivity index (χ3v) is 3.01. The fourth-order valence-corrected chi connectivity index (χ4v) is 2.12. The van der Waals surface area contributed by atoms with Gasteiger partial charge in [-0.3, -0.25) is 0 Å². The van der Waals surface area contributed by atoms with Crippen LogP contribution >= 0.6 is 0 Å². The average molecular weight is 277 g/mol. The molecule has 0 unspecified atom stereocenters. The van der Waals surface area contributed by atoms with Crippen molar-refractivity contribution in [1.82, 2.24) is 10.3 Å². The maximum Gasteiger partial charge on any atom is 0.357 e. The van der Waals surface area contributed by atoms with E-state index in [1.165, 1.54) is 0 Å². The van der Waals surface area contributed by atoms with Crippen LogP contribution < -0.4 is 10.2 Å². The molecule has 1 N–H and O–H groups in total. The van der Waals surface area contributed by atoms with Crippen LogP contribution in [0.4, 0.5) is 5.82 Å². The van der Waals surface area contributed by atoms with Crippen LogP contribution in [0.5, 0.6) is 0 Å². The zero-order valence-corrected chi connectivity index (χ0v) is 12.5. The zero-order chi connectivity index (χ0) is 14.6.